The van der Waals surface area contributed by atoms with Crippen LogP contribution in [0.5, 0.6) is 0 Å². The van der Waals surface area contributed by atoms with Gasteiger partial charge < -0.3 is 10.4 Å². The Morgan fingerprint density at radius 3 is 2.56 bits per heavy atom. The molecule has 1 rings (SSSR count). The summed E-state index contributed by atoms with van der Waals surface area (Å²) in [5.74, 6) is 0.605. The van der Waals surface area contributed by atoms with Gasteiger partial charge in [0, 0.05) is 18.8 Å². The van der Waals surface area contributed by atoms with E-state index in [1.807, 2.05) is 24.4 Å². The van der Waals surface area contributed by atoms with E-state index in [0.29, 0.717) is 12.5 Å². The number of nitrogens with zero attached hydrogens (tertiary/aromatic N) is 1. The van der Waals surface area contributed by atoms with Crippen molar-refractivity contribution in [3.8, 4) is 0 Å². The van der Waals surface area contributed by atoms with Gasteiger partial charge in [-0.25, -0.2) is 0 Å². The lowest BCUT2D eigenvalue weighted by Gasteiger charge is -2.21. The van der Waals surface area contributed by atoms with E-state index in [1.165, 1.54) is 0 Å². The van der Waals surface area contributed by atoms with Gasteiger partial charge in [0.05, 0.1) is 11.8 Å². The lowest BCUT2D eigenvalue weighted by molar-refractivity contribution is 0.183. The summed E-state index contributed by atoms with van der Waals surface area (Å²) >= 11 is 0. The molecule has 1 unspecified atom stereocenters. The van der Waals surface area contributed by atoms with Crippen molar-refractivity contribution in [1.29, 1.82) is 0 Å². The minimum Gasteiger partial charge on any atom is -0.392 e. The molecule has 0 aliphatic heterocycles. The summed E-state index contributed by atoms with van der Waals surface area (Å²) in [5.41, 5.74) is 1.05. The number of rotatable bonds is 6. The highest BCUT2D eigenvalue weighted by molar-refractivity contribution is 5.08. The lowest BCUT2D eigenvalue weighted by atomic mass is 10.0. The summed E-state index contributed by atoms with van der Waals surface area (Å²) in [5, 5.41) is 12.7. The van der Waals surface area contributed by atoms with Gasteiger partial charge >= 0.3 is 0 Å². The fraction of sp³-hybridized carbons (Fsp3) is 0.615. The Bertz CT molecular complexity index is 285. The third kappa shape index (κ3) is 4.73. The van der Waals surface area contributed by atoms with Crippen LogP contribution in [0, 0.1) is 5.92 Å². The van der Waals surface area contributed by atoms with E-state index < -0.39 is 0 Å². The van der Waals surface area contributed by atoms with Crippen molar-refractivity contribution in [3.63, 3.8) is 0 Å². The van der Waals surface area contributed by atoms with E-state index in [-0.39, 0.29) is 12.1 Å². The number of aliphatic hydroxyl groups is 1. The molecule has 0 bridgehead atoms. The zero-order valence-electron chi connectivity index (χ0n) is 10.4. The number of pyridine rings is 1. The highest BCUT2D eigenvalue weighted by Crippen LogP contribution is 2.18. The minimum absolute atomic E-state index is 0.232. The number of aromatic nitrogens is 1. The molecule has 0 amide bonds. The smallest absolute Gasteiger partial charge is 0.0636 e. The van der Waals surface area contributed by atoms with E-state index in [1.54, 1.807) is 6.92 Å². The molecule has 3 nitrogen and oxygen atoms in total. The molecule has 1 aromatic heterocycles. The number of aliphatic hydroxyl groups excluding tert-OH is 1. The quantitative estimate of drug-likeness (QED) is 0.775. The van der Waals surface area contributed by atoms with Crippen molar-refractivity contribution in [1.82, 2.24) is 10.3 Å². The van der Waals surface area contributed by atoms with Crippen LogP contribution in [0.15, 0.2) is 24.4 Å². The van der Waals surface area contributed by atoms with Crippen molar-refractivity contribution < 1.29 is 5.11 Å². The Kier molecular flexibility index (Phi) is 5.43. The molecule has 90 valence electrons. The first-order chi connectivity index (χ1) is 7.59. The van der Waals surface area contributed by atoms with Crippen LogP contribution in [0.1, 0.15) is 38.9 Å². The molecule has 2 atom stereocenters. The Morgan fingerprint density at radius 1 is 1.31 bits per heavy atom. The van der Waals surface area contributed by atoms with Gasteiger partial charge in [0.15, 0.2) is 0 Å². The molecule has 1 aromatic rings. The van der Waals surface area contributed by atoms with E-state index >= 15 is 0 Å². The van der Waals surface area contributed by atoms with Gasteiger partial charge in [0.2, 0.25) is 0 Å². The zero-order valence-corrected chi connectivity index (χ0v) is 10.4. The van der Waals surface area contributed by atoms with Crippen LogP contribution < -0.4 is 5.32 Å². The molecule has 1 heterocycles. The molecular formula is C13H22N2O. The standard InChI is InChI=1S/C13H22N2O/c1-10(2)8-13(15-9-11(3)16)12-6-4-5-7-14-12/h4-7,10-11,13,15-16H,8-9H2,1-3H3/t11-,13?/m1/s1. The summed E-state index contributed by atoms with van der Waals surface area (Å²) < 4.78 is 0. The van der Waals surface area contributed by atoms with Crippen LogP contribution in [0.4, 0.5) is 0 Å². The van der Waals surface area contributed by atoms with Gasteiger partial charge in [-0.2, -0.15) is 0 Å². The Balaban J connectivity index is 2.64. The van der Waals surface area contributed by atoms with Crippen LogP contribution >= 0.6 is 0 Å². The average molecular weight is 222 g/mol. The molecule has 16 heavy (non-hydrogen) atoms. The maximum atomic E-state index is 9.30. The van der Waals surface area contributed by atoms with Crippen LogP contribution in [0.25, 0.3) is 0 Å². The molecule has 0 radical (unpaired) electrons. The first-order valence-electron chi connectivity index (χ1n) is 5.92. The minimum atomic E-state index is -0.321. The first kappa shape index (κ1) is 13.1. The second-order valence-corrected chi connectivity index (χ2v) is 4.69. The second-order valence-electron chi connectivity index (χ2n) is 4.69. The Morgan fingerprint density at radius 2 is 2.06 bits per heavy atom. The van der Waals surface area contributed by atoms with Gasteiger partial charge in [0.25, 0.3) is 0 Å². The summed E-state index contributed by atoms with van der Waals surface area (Å²) in [6.07, 6.45) is 2.52. The van der Waals surface area contributed by atoms with Crippen LogP contribution in [-0.2, 0) is 0 Å². The largest absolute Gasteiger partial charge is 0.392 e. The molecule has 0 aliphatic carbocycles. The van der Waals surface area contributed by atoms with Crippen LogP contribution in [0.2, 0.25) is 0 Å². The van der Waals surface area contributed by atoms with Crippen LogP contribution in [0.3, 0.4) is 0 Å². The van der Waals surface area contributed by atoms with Gasteiger partial charge in [0.1, 0.15) is 0 Å². The predicted molar refractivity (Wildman–Crippen MR) is 66.1 cm³/mol. The van der Waals surface area contributed by atoms with Gasteiger partial charge in [-0.1, -0.05) is 19.9 Å². The van der Waals surface area contributed by atoms with Gasteiger partial charge in [-0.05, 0) is 31.4 Å². The van der Waals surface area contributed by atoms with Gasteiger partial charge in [-0.3, -0.25) is 4.98 Å². The zero-order chi connectivity index (χ0) is 12.0. The highest BCUT2D eigenvalue weighted by atomic mass is 16.3. The van der Waals surface area contributed by atoms with E-state index in [4.69, 9.17) is 0 Å². The summed E-state index contributed by atoms with van der Waals surface area (Å²) in [6.45, 7) is 6.78. The molecule has 0 saturated carbocycles. The highest BCUT2D eigenvalue weighted by Gasteiger charge is 2.14. The van der Waals surface area contributed by atoms with E-state index in [0.717, 1.165) is 12.1 Å². The first-order valence-corrected chi connectivity index (χ1v) is 5.92. The third-order valence-corrected chi connectivity index (χ3v) is 2.41. The lowest BCUT2D eigenvalue weighted by Crippen LogP contribution is -2.30. The average Bonchev–Trinajstić information content (AvgIpc) is 2.25. The molecule has 3 heteroatoms. The molecule has 0 spiro atoms. The predicted octanol–water partition coefficient (Wildman–Crippen LogP) is 2.14. The van der Waals surface area contributed by atoms with Crippen molar-refractivity contribution in [2.75, 3.05) is 6.54 Å². The van der Waals surface area contributed by atoms with E-state index in [2.05, 4.69) is 24.1 Å². The SMILES string of the molecule is CC(C)CC(NC[C@@H](C)O)c1ccccn1. The maximum Gasteiger partial charge on any atom is 0.0636 e. The summed E-state index contributed by atoms with van der Waals surface area (Å²) in [6, 6.07) is 6.18. The molecule has 0 saturated heterocycles. The molecule has 0 aliphatic rings. The van der Waals surface area contributed by atoms with Crippen molar-refractivity contribution >= 4 is 0 Å². The second kappa shape index (κ2) is 6.61. The van der Waals surface area contributed by atoms with E-state index in [9.17, 15) is 5.11 Å². The summed E-state index contributed by atoms with van der Waals surface area (Å²) in [7, 11) is 0. The molecule has 0 fully saturated rings. The number of hydrogen-bond acceptors (Lipinski definition) is 3. The van der Waals surface area contributed by atoms with Gasteiger partial charge in [-0.15, -0.1) is 0 Å². The monoisotopic (exact) mass is 222 g/mol. The normalized spacial score (nSPS) is 15.1. The van der Waals surface area contributed by atoms with Crippen molar-refractivity contribution in [2.24, 2.45) is 5.92 Å². The summed E-state index contributed by atoms with van der Waals surface area (Å²) in [4.78, 5) is 4.37. The van der Waals surface area contributed by atoms with Crippen LogP contribution in [-0.4, -0.2) is 22.7 Å². The molecule has 2 N–H and O–H groups in total. The number of hydrogen-bond donors (Lipinski definition) is 2. The maximum absolute atomic E-state index is 9.30. The Labute approximate surface area is 97.9 Å². The molecule has 0 aromatic carbocycles. The topological polar surface area (TPSA) is 45.1 Å². The molecular weight excluding hydrogens is 200 g/mol. The fourth-order valence-corrected chi connectivity index (χ4v) is 1.67. The van der Waals surface area contributed by atoms with Crippen molar-refractivity contribution in [3.05, 3.63) is 30.1 Å². The fourth-order valence-electron chi connectivity index (χ4n) is 1.67. The third-order valence-electron chi connectivity index (χ3n) is 2.41. The number of nitrogens with one attached hydrogen (secondary N) is 1. The van der Waals surface area contributed by atoms with Crippen molar-refractivity contribution in [2.45, 2.75) is 39.3 Å². The Hall–Kier alpha value is -0.930.